The molecular weight excluding hydrogens is 152 g/mol. The maximum atomic E-state index is 10.8. The van der Waals surface area contributed by atoms with E-state index < -0.39 is 0 Å². The summed E-state index contributed by atoms with van der Waals surface area (Å²) in [5.41, 5.74) is 0. The van der Waals surface area contributed by atoms with E-state index in [4.69, 9.17) is 4.74 Å². The molecule has 0 radical (unpaired) electrons. The van der Waals surface area contributed by atoms with Crippen molar-refractivity contribution in [3.63, 3.8) is 0 Å². The third kappa shape index (κ3) is 1.47. The summed E-state index contributed by atoms with van der Waals surface area (Å²) in [6.07, 6.45) is 6.58. The van der Waals surface area contributed by atoms with Crippen molar-refractivity contribution in [3.8, 4) is 0 Å². The van der Waals surface area contributed by atoms with Crippen LogP contribution in [0.3, 0.4) is 0 Å². The Hall–Kier alpha value is -0.530. The van der Waals surface area contributed by atoms with Crippen molar-refractivity contribution in [2.75, 3.05) is 0 Å². The van der Waals surface area contributed by atoms with Gasteiger partial charge < -0.3 is 4.74 Å². The SMILES string of the molecule is CC(=O)OC1CCC2CCC1C2. The van der Waals surface area contributed by atoms with E-state index in [1.807, 2.05) is 0 Å². The summed E-state index contributed by atoms with van der Waals surface area (Å²) >= 11 is 0. The molecule has 3 atom stereocenters. The van der Waals surface area contributed by atoms with E-state index in [1.54, 1.807) is 0 Å². The zero-order chi connectivity index (χ0) is 8.55. The molecule has 2 saturated carbocycles. The highest BCUT2D eigenvalue weighted by atomic mass is 16.5. The van der Waals surface area contributed by atoms with Gasteiger partial charge in [0.2, 0.25) is 0 Å². The average Bonchev–Trinajstić information content (AvgIpc) is 2.39. The van der Waals surface area contributed by atoms with E-state index in [-0.39, 0.29) is 12.1 Å². The van der Waals surface area contributed by atoms with Gasteiger partial charge in [-0.2, -0.15) is 0 Å². The Labute approximate surface area is 73.3 Å². The number of carbonyl (C=O) groups is 1. The second-order valence-electron chi connectivity index (χ2n) is 4.16. The monoisotopic (exact) mass is 168 g/mol. The molecule has 2 aliphatic carbocycles. The topological polar surface area (TPSA) is 26.3 Å². The van der Waals surface area contributed by atoms with Crippen molar-refractivity contribution < 1.29 is 9.53 Å². The van der Waals surface area contributed by atoms with Crippen molar-refractivity contribution >= 4 is 5.97 Å². The van der Waals surface area contributed by atoms with Gasteiger partial charge in [-0.15, -0.1) is 0 Å². The molecule has 2 heteroatoms. The van der Waals surface area contributed by atoms with Crippen LogP contribution < -0.4 is 0 Å². The zero-order valence-electron chi connectivity index (χ0n) is 7.58. The molecule has 0 aromatic carbocycles. The standard InChI is InChI=1S/C10H16O2/c1-7(11)12-10-5-3-8-2-4-9(10)6-8/h8-10H,2-6H2,1H3. The van der Waals surface area contributed by atoms with E-state index in [9.17, 15) is 4.79 Å². The summed E-state index contributed by atoms with van der Waals surface area (Å²) in [6.45, 7) is 1.51. The van der Waals surface area contributed by atoms with Gasteiger partial charge in [0, 0.05) is 6.92 Å². The fourth-order valence-corrected chi connectivity index (χ4v) is 2.72. The number of hydrogen-bond acceptors (Lipinski definition) is 2. The van der Waals surface area contributed by atoms with Gasteiger partial charge in [0.25, 0.3) is 0 Å². The lowest BCUT2D eigenvalue weighted by molar-refractivity contribution is -0.150. The molecule has 0 spiro atoms. The number of esters is 1. The average molecular weight is 168 g/mol. The molecule has 2 aliphatic rings. The molecule has 0 aromatic heterocycles. The Morgan fingerprint density at radius 2 is 2.00 bits per heavy atom. The minimum absolute atomic E-state index is 0.106. The molecule has 0 heterocycles. The van der Waals surface area contributed by atoms with Gasteiger partial charge >= 0.3 is 5.97 Å². The molecule has 68 valence electrons. The number of fused-ring (bicyclic) bond motifs is 2. The molecule has 0 aromatic rings. The van der Waals surface area contributed by atoms with E-state index in [2.05, 4.69) is 0 Å². The predicted molar refractivity (Wildman–Crippen MR) is 45.6 cm³/mol. The second-order valence-corrected chi connectivity index (χ2v) is 4.16. The first-order valence-corrected chi connectivity index (χ1v) is 4.93. The highest BCUT2D eigenvalue weighted by Gasteiger charge is 2.37. The molecule has 0 N–H and O–H groups in total. The van der Waals surface area contributed by atoms with Crippen LogP contribution in [-0.4, -0.2) is 12.1 Å². The minimum Gasteiger partial charge on any atom is -0.462 e. The van der Waals surface area contributed by atoms with Gasteiger partial charge in [0.15, 0.2) is 0 Å². The first-order valence-electron chi connectivity index (χ1n) is 4.93. The smallest absolute Gasteiger partial charge is 0.302 e. The fourth-order valence-electron chi connectivity index (χ4n) is 2.72. The maximum Gasteiger partial charge on any atom is 0.302 e. The quantitative estimate of drug-likeness (QED) is 0.561. The van der Waals surface area contributed by atoms with Crippen molar-refractivity contribution in [2.45, 2.75) is 45.1 Å². The van der Waals surface area contributed by atoms with Crippen LogP contribution >= 0.6 is 0 Å². The van der Waals surface area contributed by atoms with Crippen LogP contribution in [0.5, 0.6) is 0 Å². The van der Waals surface area contributed by atoms with Gasteiger partial charge in [0.1, 0.15) is 6.10 Å². The molecule has 2 rings (SSSR count). The van der Waals surface area contributed by atoms with Crippen LogP contribution in [0.25, 0.3) is 0 Å². The fraction of sp³-hybridized carbons (Fsp3) is 0.900. The Bertz CT molecular complexity index is 188. The number of ether oxygens (including phenoxy) is 1. The molecule has 0 amide bonds. The molecule has 0 saturated heterocycles. The van der Waals surface area contributed by atoms with Gasteiger partial charge in [-0.3, -0.25) is 4.79 Å². The Morgan fingerprint density at radius 1 is 1.25 bits per heavy atom. The Balaban J connectivity index is 1.93. The highest BCUT2D eigenvalue weighted by Crippen LogP contribution is 2.43. The van der Waals surface area contributed by atoms with Crippen LogP contribution in [0.15, 0.2) is 0 Å². The second kappa shape index (κ2) is 3.08. The summed E-state index contributed by atoms with van der Waals surface area (Å²) in [5, 5.41) is 0. The van der Waals surface area contributed by atoms with Gasteiger partial charge in [0.05, 0.1) is 0 Å². The lowest BCUT2D eigenvalue weighted by Gasteiger charge is -2.27. The molecule has 12 heavy (non-hydrogen) atoms. The van der Waals surface area contributed by atoms with E-state index in [0.29, 0.717) is 5.92 Å². The summed E-state index contributed by atoms with van der Waals surface area (Å²) in [7, 11) is 0. The molecule has 2 bridgehead atoms. The number of rotatable bonds is 1. The van der Waals surface area contributed by atoms with Gasteiger partial charge in [-0.25, -0.2) is 0 Å². The largest absolute Gasteiger partial charge is 0.462 e. The van der Waals surface area contributed by atoms with Gasteiger partial charge in [-0.1, -0.05) is 6.42 Å². The van der Waals surface area contributed by atoms with Crippen molar-refractivity contribution in [2.24, 2.45) is 11.8 Å². The van der Waals surface area contributed by atoms with Crippen molar-refractivity contribution in [3.05, 3.63) is 0 Å². The molecular formula is C10H16O2. The lowest BCUT2D eigenvalue weighted by atomic mass is 9.87. The van der Waals surface area contributed by atoms with Gasteiger partial charge in [-0.05, 0) is 37.5 Å². The van der Waals surface area contributed by atoms with Crippen LogP contribution in [0.4, 0.5) is 0 Å². The Morgan fingerprint density at radius 3 is 2.75 bits per heavy atom. The van der Waals surface area contributed by atoms with Crippen LogP contribution in [0, 0.1) is 11.8 Å². The first-order chi connectivity index (χ1) is 5.75. The van der Waals surface area contributed by atoms with E-state index in [1.165, 1.54) is 32.6 Å². The van der Waals surface area contributed by atoms with E-state index >= 15 is 0 Å². The third-order valence-corrected chi connectivity index (χ3v) is 3.28. The van der Waals surface area contributed by atoms with Crippen LogP contribution in [-0.2, 0) is 9.53 Å². The zero-order valence-corrected chi connectivity index (χ0v) is 7.58. The first kappa shape index (κ1) is 8.09. The summed E-state index contributed by atoms with van der Waals surface area (Å²) in [5.74, 6) is 1.53. The molecule has 0 aliphatic heterocycles. The number of carbonyl (C=O) groups excluding carboxylic acids is 1. The van der Waals surface area contributed by atoms with E-state index in [0.717, 1.165) is 12.3 Å². The molecule has 3 unspecified atom stereocenters. The normalized spacial score (nSPS) is 39.6. The molecule has 2 nitrogen and oxygen atoms in total. The summed E-state index contributed by atoms with van der Waals surface area (Å²) < 4.78 is 5.28. The highest BCUT2D eigenvalue weighted by molar-refractivity contribution is 5.66. The summed E-state index contributed by atoms with van der Waals surface area (Å²) in [6, 6.07) is 0. The Kier molecular flexibility index (Phi) is 2.07. The number of hydrogen-bond donors (Lipinski definition) is 0. The minimum atomic E-state index is -0.106. The predicted octanol–water partition coefficient (Wildman–Crippen LogP) is 2.13. The van der Waals surface area contributed by atoms with Crippen LogP contribution in [0.1, 0.15) is 39.0 Å². The maximum absolute atomic E-state index is 10.8. The summed E-state index contributed by atoms with van der Waals surface area (Å²) in [4.78, 5) is 10.8. The van der Waals surface area contributed by atoms with Crippen molar-refractivity contribution in [1.82, 2.24) is 0 Å². The lowest BCUT2D eigenvalue weighted by Crippen LogP contribution is -2.27. The third-order valence-electron chi connectivity index (χ3n) is 3.28. The van der Waals surface area contributed by atoms with Crippen LogP contribution in [0.2, 0.25) is 0 Å². The van der Waals surface area contributed by atoms with Crippen molar-refractivity contribution in [1.29, 1.82) is 0 Å². The molecule has 2 fully saturated rings.